The van der Waals surface area contributed by atoms with Crippen molar-refractivity contribution in [3.05, 3.63) is 35.9 Å². The van der Waals surface area contributed by atoms with E-state index in [1.54, 1.807) is 0 Å². The number of hydrogen-bond donors (Lipinski definition) is 1. The van der Waals surface area contributed by atoms with E-state index in [4.69, 9.17) is 0 Å². The Morgan fingerprint density at radius 2 is 1.91 bits per heavy atom. The summed E-state index contributed by atoms with van der Waals surface area (Å²) in [7, 11) is 0. The Morgan fingerprint density at radius 1 is 1.23 bits per heavy atom. The number of likely N-dealkylation sites (tertiary alicyclic amines) is 1. The summed E-state index contributed by atoms with van der Waals surface area (Å²) in [6, 6.07) is 10.8. The third-order valence-corrected chi connectivity index (χ3v) is 5.34. The first kappa shape index (κ1) is 15.5. The first-order valence-electron chi connectivity index (χ1n) is 8.70. The SMILES string of the molecule is CC1(C(=O)NCCN2CCC(Cc3ccccc3)CC2)CC1. The minimum absolute atomic E-state index is 0.0390. The first-order chi connectivity index (χ1) is 10.7. The highest BCUT2D eigenvalue weighted by Crippen LogP contribution is 2.44. The normalized spacial score (nSPS) is 21.5. The number of carbonyl (C=O) groups is 1. The molecule has 1 aromatic rings. The van der Waals surface area contributed by atoms with Crippen LogP contribution in [0.1, 0.15) is 38.2 Å². The number of rotatable bonds is 6. The summed E-state index contributed by atoms with van der Waals surface area (Å²) in [5.74, 6) is 1.07. The highest BCUT2D eigenvalue weighted by molar-refractivity contribution is 5.84. The molecule has 1 saturated carbocycles. The maximum absolute atomic E-state index is 11.9. The zero-order valence-corrected chi connectivity index (χ0v) is 13.7. The third kappa shape index (κ3) is 4.10. The average molecular weight is 300 g/mol. The van der Waals surface area contributed by atoms with E-state index < -0.39 is 0 Å². The van der Waals surface area contributed by atoms with Crippen molar-refractivity contribution < 1.29 is 4.79 Å². The number of piperidine rings is 1. The molecule has 2 fully saturated rings. The molecule has 1 amide bonds. The van der Waals surface area contributed by atoms with Gasteiger partial charge in [0.2, 0.25) is 5.91 Å². The predicted molar refractivity (Wildman–Crippen MR) is 89.7 cm³/mol. The van der Waals surface area contributed by atoms with Gasteiger partial charge >= 0.3 is 0 Å². The van der Waals surface area contributed by atoms with Gasteiger partial charge in [0, 0.05) is 18.5 Å². The highest BCUT2D eigenvalue weighted by Gasteiger charge is 2.44. The Hall–Kier alpha value is -1.35. The summed E-state index contributed by atoms with van der Waals surface area (Å²) in [6.07, 6.45) is 5.89. The molecule has 2 aliphatic rings. The van der Waals surface area contributed by atoms with Gasteiger partial charge in [0.15, 0.2) is 0 Å². The van der Waals surface area contributed by atoms with Gasteiger partial charge in [0.25, 0.3) is 0 Å². The van der Waals surface area contributed by atoms with Crippen LogP contribution in [0.25, 0.3) is 0 Å². The molecular formula is C19H28N2O. The molecule has 0 unspecified atom stereocenters. The lowest BCUT2D eigenvalue weighted by Gasteiger charge is -2.32. The molecule has 0 spiro atoms. The summed E-state index contributed by atoms with van der Waals surface area (Å²) in [4.78, 5) is 14.4. The largest absolute Gasteiger partial charge is 0.354 e. The highest BCUT2D eigenvalue weighted by atomic mass is 16.2. The molecule has 1 N–H and O–H groups in total. The lowest BCUT2D eigenvalue weighted by molar-refractivity contribution is -0.125. The molecule has 0 aromatic heterocycles. The van der Waals surface area contributed by atoms with Crippen LogP contribution in [0.2, 0.25) is 0 Å². The fraction of sp³-hybridized carbons (Fsp3) is 0.632. The standard InChI is InChI=1S/C19H28N2O/c1-19(9-10-19)18(22)20-11-14-21-12-7-17(8-13-21)15-16-5-3-2-4-6-16/h2-6,17H,7-15H2,1H3,(H,20,22). The van der Waals surface area contributed by atoms with Gasteiger partial charge in [0.05, 0.1) is 0 Å². The van der Waals surface area contributed by atoms with Crippen LogP contribution in [0.5, 0.6) is 0 Å². The molecular weight excluding hydrogens is 272 g/mol. The van der Waals surface area contributed by atoms with E-state index in [0.29, 0.717) is 0 Å². The molecule has 120 valence electrons. The van der Waals surface area contributed by atoms with Crippen molar-refractivity contribution in [2.75, 3.05) is 26.2 Å². The van der Waals surface area contributed by atoms with Crippen molar-refractivity contribution in [1.29, 1.82) is 0 Å². The van der Waals surface area contributed by atoms with Crippen molar-refractivity contribution in [2.24, 2.45) is 11.3 Å². The van der Waals surface area contributed by atoms with Crippen molar-refractivity contribution >= 4 is 5.91 Å². The molecule has 1 saturated heterocycles. The summed E-state index contributed by atoms with van der Waals surface area (Å²) < 4.78 is 0. The van der Waals surface area contributed by atoms with Crippen LogP contribution in [-0.4, -0.2) is 37.0 Å². The molecule has 1 aliphatic carbocycles. The number of hydrogen-bond acceptors (Lipinski definition) is 2. The number of benzene rings is 1. The fourth-order valence-electron chi connectivity index (χ4n) is 3.32. The van der Waals surface area contributed by atoms with Gasteiger partial charge in [-0.05, 0) is 56.7 Å². The number of nitrogens with zero attached hydrogens (tertiary/aromatic N) is 1. The lowest BCUT2D eigenvalue weighted by atomic mass is 9.90. The van der Waals surface area contributed by atoms with Crippen LogP contribution in [0.3, 0.4) is 0 Å². The zero-order valence-electron chi connectivity index (χ0n) is 13.7. The second-order valence-corrected chi connectivity index (χ2v) is 7.29. The smallest absolute Gasteiger partial charge is 0.225 e. The van der Waals surface area contributed by atoms with Crippen molar-refractivity contribution in [3.8, 4) is 0 Å². The molecule has 3 nitrogen and oxygen atoms in total. The van der Waals surface area contributed by atoms with Crippen LogP contribution >= 0.6 is 0 Å². The van der Waals surface area contributed by atoms with Gasteiger partial charge in [0.1, 0.15) is 0 Å². The Morgan fingerprint density at radius 3 is 2.55 bits per heavy atom. The Balaban J connectivity index is 1.33. The molecule has 3 rings (SSSR count). The van der Waals surface area contributed by atoms with Crippen molar-refractivity contribution in [1.82, 2.24) is 10.2 Å². The molecule has 0 atom stereocenters. The minimum Gasteiger partial charge on any atom is -0.354 e. The summed E-state index contributed by atoms with van der Waals surface area (Å²) in [5, 5.41) is 3.10. The number of carbonyl (C=O) groups excluding carboxylic acids is 1. The van der Waals surface area contributed by atoms with E-state index >= 15 is 0 Å². The number of amides is 1. The molecule has 0 bridgehead atoms. The molecule has 1 heterocycles. The molecule has 1 aliphatic heterocycles. The second-order valence-electron chi connectivity index (χ2n) is 7.29. The molecule has 3 heteroatoms. The van der Waals surface area contributed by atoms with Gasteiger partial charge in [-0.25, -0.2) is 0 Å². The fourth-order valence-corrected chi connectivity index (χ4v) is 3.32. The molecule has 22 heavy (non-hydrogen) atoms. The van der Waals surface area contributed by atoms with Crippen LogP contribution in [0, 0.1) is 11.3 Å². The summed E-state index contributed by atoms with van der Waals surface area (Å²) >= 11 is 0. The van der Waals surface area contributed by atoms with Gasteiger partial charge < -0.3 is 10.2 Å². The Bertz CT molecular complexity index is 487. The lowest BCUT2D eigenvalue weighted by Crippen LogP contribution is -2.41. The maximum atomic E-state index is 11.9. The van der Waals surface area contributed by atoms with Crippen molar-refractivity contribution in [2.45, 2.75) is 39.0 Å². The third-order valence-electron chi connectivity index (χ3n) is 5.34. The zero-order chi connectivity index (χ0) is 15.4. The summed E-state index contributed by atoms with van der Waals surface area (Å²) in [6.45, 7) is 6.21. The Labute approximate surface area is 134 Å². The molecule has 1 aromatic carbocycles. The first-order valence-corrected chi connectivity index (χ1v) is 8.70. The monoisotopic (exact) mass is 300 g/mol. The quantitative estimate of drug-likeness (QED) is 0.876. The van der Waals surface area contributed by atoms with Gasteiger partial charge in [-0.15, -0.1) is 0 Å². The van der Waals surface area contributed by atoms with E-state index in [1.165, 1.54) is 37.9 Å². The molecule has 0 radical (unpaired) electrons. The van der Waals surface area contributed by atoms with Gasteiger partial charge in [-0.3, -0.25) is 4.79 Å². The van der Waals surface area contributed by atoms with Crippen molar-refractivity contribution in [3.63, 3.8) is 0 Å². The topological polar surface area (TPSA) is 32.3 Å². The maximum Gasteiger partial charge on any atom is 0.225 e. The van der Waals surface area contributed by atoms with E-state index in [-0.39, 0.29) is 11.3 Å². The van der Waals surface area contributed by atoms with Crippen LogP contribution < -0.4 is 5.32 Å². The Kier molecular flexibility index (Phi) is 4.82. The minimum atomic E-state index is -0.0390. The van der Waals surface area contributed by atoms with E-state index in [9.17, 15) is 4.79 Å². The average Bonchev–Trinajstić information content (AvgIpc) is 3.29. The van der Waals surface area contributed by atoms with E-state index in [1.807, 2.05) is 0 Å². The van der Waals surface area contributed by atoms with Crippen LogP contribution in [-0.2, 0) is 11.2 Å². The van der Waals surface area contributed by atoms with E-state index in [2.05, 4.69) is 47.5 Å². The van der Waals surface area contributed by atoms with Gasteiger partial charge in [-0.1, -0.05) is 37.3 Å². The van der Waals surface area contributed by atoms with Gasteiger partial charge in [-0.2, -0.15) is 0 Å². The predicted octanol–water partition coefficient (Wildman–Crippen LogP) is 2.86. The summed E-state index contributed by atoms with van der Waals surface area (Å²) in [5.41, 5.74) is 1.42. The number of nitrogens with one attached hydrogen (secondary N) is 1. The second kappa shape index (κ2) is 6.82. The van der Waals surface area contributed by atoms with Crippen LogP contribution in [0.4, 0.5) is 0 Å². The van der Waals surface area contributed by atoms with E-state index in [0.717, 1.165) is 31.8 Å². The van der Waals surface area contributed by atoms with Crippen LogP contribution in [0.15, 0.2) is 30.3 Å².